The van der Waals surface area contributed by atoms with Crippen LogP contribution in [0.4, 0.5) is 0 Å². The van der Waals surface area contributed by atoms with Gasteiger partial charge in [0.2, 0.25) is 0 Å². The van der Waals surface area contributed by atoms with Gasteiger partial charge in [0.15, 0.2) is 11.5 Å². The Kier molecular flexibility index (Phi) is 2.53. The number of nitrogens with zero attached hydrogens (tertiary/aromatic N) is 3. The Hall–Kier alpha value is -1.13. The summed E-state index contributed by atoms with van der Waals surface area (Å²) < 4.78 is 7.22. The fourth-order valence-electron chi connectivity index (χ4n) is 2.01. The fourth-order valence-corrected chi connectivity index (χ4v) is 2.21. The summed E-state index contributed by atoms with van der Waals surface area (Å²) in [6.07, 6.45) is 3.29. The average molecular weight is 238 g/mol. The van der Waals surface area contributed by atoms with Crippen molar-refractivity contribution in [1.82, 2.24) is 14.6 Å². The highest BCUT2D eigenvalue weighted by atomic mass is 35.5. The van der Waals surface area contributed by atoms with Crippen LogP contribution in [0.2, 0.25) is 5.15 Å². The highest BCUT2D eigenvalue weighted by Crippen LogP contribution is 2.17. The van der Waals surface area contributed by atoms with E-state index in [-0.39, 0.29) is 6.10 Å². The maximum absolute atomic E-state index is 6.02. The van der Waals surface area contributed by atoms with Crippen LogP contribution < -0.4 is 0 Å². The molecule has 2 aromatic heterocycles. The molecule has 0 amide bonds. The Morgan fingerprint density at radius 3 is 3.19 bits per heavy atom. The second kappa shape index (κ2) is 4.03. The van der Waals surface area contributed by atoms with E-state index in [1.165, 1.54) is 0 Å². The summed E-state index contributed by atoms with van der Waals surface area (Å²) in [7, 11) is 0. The number of fused-ring (bicyclic) bond motifs is 1. The van der Waals surface area contributed by atoms with Crippen LogP contribution in [0.3, 0.4) is 0 Å². The highest BCUT2D eigenvalue weighted by Gasteiger charge is 2.18. The molecule has 1 unspecified atom stereocenters. The van der Waals surface area contributed by atoms with E-state index in [2.05, 4.69) is 10.1 Å². The predicted molar refractivity (Wildman–Crippen MR) is 60.7 cm³/mol. The topological polar surface area (TPSA) is 39.4 Å². The molecule has 2 aromatic rings. The van der Waals surface area contributed by atoms with Crippen molar-refractivity contribution in [3.8, 4) is 0 Å². The first-order valence-electron chi connectivity index (χ1n) is 5.45. The lowest BCUT2D eigenvalue weighted by Crippen LogP contribution is -2.10. The van der Waals surface area contributed by atoms with Gasteiger partial charge in [0.1, 0.15) is 5.15 Å². The van der Waals surface area contributed by atoms with Gasteiger partial charge in [0.25, 0.3) is 0 Å². The molecule has 5 heteroatoms. The molecule has 0 saturated carbocycles. The van der Waals surface area contributed by atoms with Crippen molar-refractivity contribution in [2.24, 2.45) is 0 Å². The van der Waals surface area contributed by atoms with E-state index in [0.29, 0.717) is 5.15 Å². The molecular formula is C11H12ClN3O. The molecule has 1 aliphatic heterocycles. The average Bonchev–Trinajstić information content (AvgIpc) is 2.88. The third-order valence-electron chi connectivity index (χ3n) is 2.79. The molecule has 3 rings (SSSR count). The summed E-state index contributed by atoms with van der Waals surface area (Å²) in [5.74, 6) is 0.806. The van der Waals surface area contributed by atoms with Crippen molar-refractivity contribution >= 4 is 17.2 Å². The van der Waals surface area contributed by atoms with Gasteiger partial charge >= 0.3 is 0 Å². The minimum atomic E-state index is 0.274. The minimum absolute atomic E-state index is 0.274. The van der Waals surface area contributed by atoms with Gasteiger partial charge in [-0.1, -0.05) is 17.7 Å². The molecule has 1 aliphatic rings. The smallest absolute Gasteiger partial charge is 0.157 e. The number of hydrogen-bond acceptors (Lipinski definition) is 3. The van der Waals surface area contributed by atoms with Gasteiger partial charge in [0, 0.05) is 13.0 Å². The summed E-state index contributed by atoms with van der Waals surface area (Å²) in [6.45, 7) is 0.860. The van der Waals surface area contributed by atoms with E-state index in [1.807, 2.05) is 12.1 Å². The number of halogens is 1. The summed E-state index contributed by atoms with van der Waals surface area (Å²) >= 11 is 6.02. The van der Waals surface area contributed by atoms with Crippen molar-refractivity contribution in [3.63, 3.8) is 0 Å². The molecule has 3 heterocycles. The number of ether oxygens (including phenoxy) is 1. The van der Waals surface area contributed by atoms with Gasteiger partial charge < -0.3 is 4.74 Å². The Labute approximate surface area is 98.2 Å². The Morgan fingerprint density at radius 2 is 2.44 bits per heavy atom. The lowest BCUT2D eigenvalue weighted by atomic mass is 10.2. The van der Waals surface area contributed by atoms with Crippen molar-refractivity contribution in [2.75, 3.05) is 6.61 Å². The van der Waals surface area contributed by atoms with Gasteiger partial charge in [0.05, 0.1) is 6.10 Å². The molecular weight excluding hydrogens is 226 g/mol. The van der Waals surface area contributed by atoms with E-state index in [9.17, 15) is 0 Å². The van der Waals surface area contributed by atoms with E-state index in [1.54, 1.807) is 10.6 Å². The Balaban J connectivity index is 1.90. The van der Waals surface area contributed by atoms with E-state index < -0.39 is 0 Å². The van der Waals surface area contributed by atoms with E-state index in [4.69, 9.17) is 16.3 Å². The largest absolute Gasteiger partial charge is 0.378 e. The Morgan fingerprint density at radius 1 is 1.50 bits per heavy atom. The molecule has 0 N–H and O–H groups in total. The number of hydrogen-bond donors (Lipinski definition) is 0. The van der Waals surface area contributed by atoms with Crippen LogP contribution >= 0.6 is 11.6 Å². The molecule has 0 aromatic carbocycles. The second-order valence-corrected chi connectivity index (χ2v) is 4.37. The molecule has 1 saturated heterocycles. The first-order valence-corrected chi connectivity index (χ1v) is 5.82. The van der Waals surface area contributed by atoms with Gasteiger partial charge in [-0.05, 0) is 25.0 Å². The third-order valence-corrected chi connectivity index (χ3v) is 3.08. The molecule has 0 bridgehead atoms. The van der Waals surface area contributed by atoms with Gasteiger partial charge in [-0.15, -0.1) is 5.10 Å². The number of rotatable bonds is 2. The van der Waals surface area contributed by atoms with Crippen LogP contribution in [0.15, 0.2) is 18.2 Å². The zero-order chi connectivity index (χ0) is 11.0. The minimum Gasteiger partial charge on any atom is -0.378 e. The summed E-state index contributed by atoms with van der Waals surface area (Å²) in [5.41, 5.74) is 0.792. The van der Waals surface area contributed by atoms with Crippen LogP contribution in [0.5, 0.6) is 0 Å². The molecule has 0 aliphatic carbocycles. The predicted octanol–water partition coefficient (Wildman–Crippen LogP) is 2.10. The Bertz CT molecular complexity index is 505. The normalized spacial score (nSPS) is 20.7. The van der Waals surface area contributed by atoms with Crippen LogP contribution in [0.1, 0.15) is 18.7 Å². The van der Waals surface area contributed by atoms with Crippen molar-refractivity contribution in [2.45, 2.75) is 25.4 Å². The van der Waals surface area contributed by atoms with Crippen LogP contribution in [0.25, 0.3) is 5.65 Å². The molecule has 1 fully saturated rings. The lowest BCUT2D eigenvalue weighted by molar-refractivity contribution is 0.110. The lowest BCUT2D eigenvalue weighted by Gasteiger charge is -2.04. The first-order chi connectivity index (χ1) is 7.83. The molecule has 4 nitrogen and oxygen atoms in total. The second-order valence-electron chi connectivity index (χ2n) is 3.99. The van der Waals surface area contributed by atoms with Gasteiger partial charge in [-0.25, -0.2) is 9.50 Å². The van der Waals surface area contributed by atoms with Crippen molar-refractivity contribution in [1.29, 1.82) is 0 Å². The number of aromatic nitrogens is 3. The van der Waals surface area contributed by atoms with E-state index >= 15 is 0 Å². The SMILES string of the molecule is Clc1cccc2nc(CC3CCCO3)nn12. The quantitative estimate of drug-likeness (QED) is 0.751. The number of pyridine rings is 1. The van der Waals surface area contributed by atoms with Crippen LogP contribution in [0, 0.1) is 0 Å². The van der Waals surface area contributed by atoms with E-state index in [0.717, 1.165) is 37.3 Å². The standard InChI is InChI=1S/C11H12ClN3O/c12-9-4-1-5-11-13-10(14-15(9)11)7-8-3-2-6-16-8/h1,4-5,8H,2-3,6-7H2. The van der Waals surface area contributed by atoms with Crippen LogP contribution in [-0.4, -0.2) is 27.3 Å². The summed E-state index contributed by atoms with van der Waals surface area (Å²) in [6, 6.07) is 5.58. The van der Waals surface area contributed by atoms with Crippen molar-refractivity contribution in [3.05, 3.63) is 29.2 Å². The molecule has 84 valence electrons. The monoisotopic (exact) mass is 237 g/mol. The molecule has 0 spiro atoms. The molecule has 0 radical (unpaired) electrons. The zero-order valence-corrected chi connectivity index (χ0v) is 9.52. The molecule has 16 heavy (non-hydrogen) atoms. The maximum atomic E-state index is 6.02. The molecule has 1 atom stereocenters. The fraction of sp³-hybridized carbons (Fsp3) is 0.455. The zero-order valence-electron chi connectivity index (χ0n) is 8.77. The van der Waals surface area contributed by atoms with Gasteiger partial charge in [-0.2, -0.15) is 0 Å². The van der Waals surface area contributed by atoms with Gasteiger partial charge in [-0.3, -0.25) is 0 Å². The third kappa shape index (κ3) is 1.79. The van der Waals surface area contributed by atoms with Crippen LogP contribution in [-0.2, 0) is 11.2 Å². The maximum Gasteiger partial charge on any atom is 0.157 e. The van der Waals surface area contributed by atoms with Crippen molar-refractivity contribution < 1.29 is 4.74 Å². The first kappa shape index (κ1) is 10.1. The highest BCUT2D eigenvalue weighted by molar-refractivity contribution is 6.29. The summed E-state index contributed by atoms with van der Waals surface area (Å²) in [5, 5.41) is 4.96. The summed E-state index contributed by atoms with van der Waals surface area (Å²) in [4.78, 5) is 4.42.